The van der Waals surface area contributed by atoms with E-state index in [1.807, 2.05) is 45.0 Å². The standard InChI is InChI=1S/C16H26N2O2/c1-5-20-15-9-7-6-8-13(15)11-18(4)16(19)10-14(17)12(2)3/h6-9,12,14H,5,10-11,17H2,1-4H3. The predicted octanol–water partition coefficient (Wildman–Crippen LogP) is 2.42. The van der Waals surface area contributed by atoms with E-state index in [-0.39, 0.29) is 11.9 Å². The van der Waals surface area contributed by atoms with E-state index in [4.69, 9.17) is 10.5 Å². The summed E-state index contributed by atoms with van der Waals surface area (Å²) in [7, 11) is 1.80. The van der Waals surface area contributed by atoms with Gasteiger partial charge in [0.15, 0.2) is 0 Å². The number of para-hydroxylation sites is 1. The second-order valence-corrected chi connectivity index (χ2v) is 5.40. The fourth-order valence-corrected chi connectivity index (χ4v) is 1.87. The van der Waals surface area contributed by atoms with E-state index < -0.39 is 0 Å². The van der Waals surface area contributed by atoms with Crippen molar-refractivity contribution in [2.45, 2.75) is 39.8 Å². The molecule has 2 N–H and O–H groups in total. The largest absolute Gasteiger partial charge is 0.494 e. The molecule has 1 unspecified atom stereocenters. The lowest BCUT2D eigenvalue weighted by Crippen LogP contribution is -2.35. The minimum Gasteiger partial charge on any atom is -0.494 e. The molecular formula is C16H26N2O2. The van der Waals surface area contributed by atoms with Gasteiger partial charge in [-0.05, 0) is 18.9 Å². The van der Waals surface area contributed by atoms with Crippen LogP contribution in [0.4, 0.5) is 0 Å². The minimum absolute atomic E-state index is 0.0671. The summed E-state index contributed by atoms with van der Waals surface area (Å²) in [6, 6.07) is 7.71. The van der Waals surface area contributed by atoms with Crippen molar-refractivity contribution < 1.29 is 9.53 Å². The minimum atomic E-state index is -0.0907. The first kappa shape index (κ1) is 16.5. The van der Waals surface area contributed by atoms with Crippen LogP contribution < -0.4 is 10.5 Å². The van der Waals surface area contributed by atoms with Crippen molar-refractivity contribution in [3.05, 3.63) is 29.8 Å². The molecule has 0 aromatic heterocycles. The summed E-state index contributed by atoms with van der Waals surface area (Å²) >= 11 is 0. The van der Waals surface area contributed by atoms with Gasteiger partial charge in [0.25, 0.3) is 0 Å². The highest BCUT2D eigenvalue weighted by Crippen LogP contribution is 2.20. The highest BCUT2D eigenvalue weighted by atomic mass is 16.5. The first-order chi connectivity index (χ1) is 9.45. The van der Waals surface area contributed by atoms with Crippen molar-refractivity contribution in [2.24, 2.45) is 11.7 Å². The molecule has 0 saturated heterocycles. The Balaban J connectivity index is 2.66. The first-order valence-corrected chi connectivity index (χ1v) is 7.16. The molecule has 1 atom stereocenters. The van der Waals surface area contributed by atoms with E-state index in [0.29, 0.717) is 25.5 Å². The van der Waals surface area contributed by atoms with Crippen molar-refractivity contribution in [3.63, 3.8) is 0 Å². The van der Waals surface area contributed by atoms with Crippen LogP contribution in [0.15, 0.2) is 24.3 Å². The quantitative estimate of drug-likeness (QED) is 0.833. The van der Waals surface area contributed by atoms with E-state index in [1.165, 1.54) is 0 Å². The van der Waals surface area contributed by atoms with Gasteiger partial charge in [0.1, 0.15) is 5.75 Å². The Morgan fingerprint density at radius 2 is 2.00 bits per heavy atom. The van der Waals surface area contributed by atoms with Crippen LogP contribution in [0.5, 0.6) is 5.75 Å². The van der Waals surface area contributed by atoms with Crippen LogP contribution in [0.2, 0.25) is 0 Å². The molecule has 1 rings (SSSR count). The highest BCUT2D eigenvalue weighted by Gasteiger charge is 2.17. The van der Waals surface area contributed by atoms with Gasteiger partial charge in [-0.3, -0.25) is 4.79 Å². The SMILES string of the molecule is CCOc1ccccc1CN(C)C(=O)CC(N)C(C)C. The molecule has 112 valence electrons. The monoisotopic (exact) mass is 278 g/mol. The second kappa shape index (κ2) is 7.90. The summed E-state index contributed by atoms with van der Waals surface area (Å²) in [5.74, 6) is 1.21. The molecule has 0 radical (unpaired) electrons. The Kier molecular flexibility index (Phi) is 6.52. The maximum absolute atomic E-state index is 12.1. The van der Waals surface area contributed by atoms with E-state index >= 15 is 0 Å². The van der Waals surface area contributed by atoms with E-state index in [0.717, 1.165) is 11.3 Å². The van der Waals surface area contributed by atoms with Crippen LogP contribution in [0, 0.1) is 5.92 Å². The van der Waals surface area contributed by atoms with Gasteiger partial charge in [-0.2, -0.15) is 0 Å². The van der Waals surface area contributed by atoms with Crippen molar-refractivity contribution in [2.75, 3.05) is 13.7 Å². The maximum atomic E-state index is 12.1. The molecule has 0 aliphatic heterocycles. The average Bonchev–Trinajstić information content (AvgIpc) is 2.40. The molecule has 0 bridgehead atoms. The molecule has 1 aromatic carbocycles. The van der Waals surface area contributed by atoms with Crippen LogP contribution in [0.3, 0.4) is 0 Å². The summed E-state index contributed by atoms with van der Waals surface area (Å²) in [6.45, 7) is 7.17. The molecule has 1 amide bonds. The third kappa shape index (κ3) is 4.85. The van der Waals surface area contributed by atoms with Gasteiger partial charge in [0.2, 0.25) is 5.91 Å². The smallest absolute Gasteiger partial charge is 0.224 e. The van der Waals surface area contributed by atoms with Gasteiger partial charge in [0, 0.05) is 31.6 Å². The van der Waals surface area contributed by atoms with Crippen molar-refractivity contribution >= 4 is 5.91 Å². The molecule has 0 aliphatic carbocycles. The number of hydrogen-bond acceptors (Lipinski definition) is 3. The number of hydrogen-bond donors (Lipinski definition) is 1. The van der Waals surface area contributed by atoms with E-state index in [9.17, 15) is 4.79 Å². The molecule has 1 aromatic rings. The molecule has 0 saturated carbocycles. The number of carbonyl (C=O) groups excluding carboxylic acids is 1. The lowest BCUT2D eigenvalue weighted by atomic mass is 10.0. The van der Waals surface area contributed by atoms with Crippen LogP contribution in [0.1, 0.15) is 32.8 Å². The molecule has 0 aliphatic rings. The van der Waals surface area contributed by atoms with Crippen molar-refractivity contribution in [1.29, 1.82) is 0 Å². The molecular weight excluding hydrogens is 252 g/mol. The number of ether oxygens (including phenoxy) is 1. The van der Waals surface area contributed by atoms with Crippen molar-refractivity contribution in [3.8, 4) is 5.75 Å². The Labute approximate surface area is 121 Å². The predicted molar refractivity (Wildman–Crippen MR) is 81.5 cm³/mol. The zero-order chi connectivity index (χ0) is 15.1. The van der Waals surface area contributed by atoms with Gasteiger partial charge in [-0.15, -0.1) is 0 Å². The van der Waals surface area contributed by atoms with Gasteiger partial charge in [-0.25, -0.2) is 0 Å². The molecule has 4 nitrogen and oxygen atoms in total. The highest BCUT2D eigenvalue weighted by molar-refractivity contribution is 5.76. The van der Waals surface area contributed by atoms with Gasteiger partial charge in [-0.1, -0.05) is 32.0 Å². The summed E-state index contributed by atoms with van der Waals surface area (Å²) in [5, 5.41) is 0. The van der Waals surface area contributed by atoms with Crippen LogP contribution in [-0.2, 0) is 11.3 Å². The Bertz CT molecular complexity index is 432. The molecule has 20 heavy (non-hydrogen) atoms. The molecule has 0 spiro atoms. The topological polar surface area (TPSA) is 55.6 Å². The summed E-state index contributed by atoms with van der Waals surface area (Å²) in [6.07, 6.45) is 0.380. The lowest BCUT2D eigenvalue weighted by Gasteiger charge is -2.22. The zero-order valence-electron chi connectivity index (χ0n) is 12.9. The number of rotatable bonds is 7. The molecule has 0 heterocycles. The zero-order valence-corrected chi connectivity index (χ0v) is 12.9. The lowest BCUT2D eigenvalue weighted by molar-refractivity contribution is -0.131. The first-order valence-electron chi connectivity index (χ1n) is 7.16. The Hall–Kier alpha value is -1.55. The number of amides is 1. The molecule has 0 fully saturated rings. The maximum Gasteiger partial charge on any atom is 0.224 e. The number of nitrogens with two attached hydrogens (primary N) is 1. The van der Waals surface area contributed by atoms with E-state index in [1.54, 1.807) is 11.9 Å². The number of carbonyl (C=O) groups is 1. The van der Waals surface area contributed by atoms with Gasteiger partial charge in [0.05, 0.1) is 6.61 Å². The van der Waals surface area contributed by atoms with Crippen LogP contribution in [-0.4, -0.2) is 30.5 Å². The van der Waals surface area contributed by atoms with Gasteiger partial charge < -0.3 is 15.4 Å². The van der Waals surface area contributed by atoms with Crippen molar-refractivity contribution in [1.82, 2.24) is 4.90 Å². The Morgan fingerprint density at radius 3 is 2.60 bits per heavy atom. The summed E-state index contributed by atoms with van der Waals surface area (Å²) in [5.41, 5.74) is 6.97. The number of benzene rings is 1. The van der Waals surface area contributed by atoms with Crippen LogP contribution in [0.25, 0.3) is 0 Å². The fourth-order valence-electron chi connectivity index (χ4n) is 1.87. The Morgan fingerprint density at radius 1 is 1.35 bits per heavy atom. The third-order valence-corrected chi connectivity index (χ3v) is 3.37. The molecule has 4 heteroatoms. The third-order valence-electron chi connectivity index (χ3n) is 3.37. The second-order valence-electron chi connectivity index (χ2n) is 5.40. The van der Waals surface area contributed by atoms with Crippen LogP contribution >= 0.6 is 0 Å². The summed E-state index contributed by atoms with van der Waals surface area (Å²) in [4.78, 5) is 13.8. The van der Waals surface area contributed by atoms with Gasteiger partial charge >= 0.3 is 0 Å². The summed E-state index contributed by atoms with van der Waals surface area (Å²) < 4.78 is 5.57. The number of nitrogens with zero attached hydrogens (tertiary/aromatic N) is 1. The van der Waals surface area contributed by atoms with E-state index in [2.05, 4.69) is 0 Å². The average molecular weight is 278 g/mol. The normalized spacial score (nSPS) is 12.3. The fraction of sp³-hybridized carbons (Fsp3) is 0.562.